The number of carbonyl (C=O) groups excluding carboxylic acids is 1. The highest BCUT2D eigenvalue weighted by molar-refractivity contribution is 7.97. The van der Waals surface area contributed by atoms with Gasteiger partial charge in [0.1, 0.15) is 23.2 Å². The number of rotatable bonds is 4. The molecule has 0 aromatic heterocycles. The molecule has 218 valence electrons. The molecule has 4 saturated carbocycles. The van der Waals surface area contributed by atoms with E-state index < -0.39 is 23.3 Å². The van der Waals surface area contributed by atoms with Crippen molar-refractivity contribution in [3.63, 3.8) is 0 Å². The van der Waals surface area contributed by atoms with Gasteiger partial charge < -0.3 is 24.1 Å². The third-order valence-corrected chi connectivity index (χ3v) is 11.2. The van der Waals surface area contributed by atoms with Crippen LogP contribution in [-0.2, 0) is 40.1 Å². The van der Waals surface area contributed by atoms with Crippen molar-refractivity contribution in [1.82, 2.24) is 0 Å². The molecule has 3 unspecified atom stereocenters. The van der Waals surface area contributed by atoms with Gasteiger partial charge in [0, 0.05) is 29.7 Å². The molecule has 6 fully saturated rings. The molecule has 1 aromatic carbocycles. The average molecular weight is 570 g/mol. The van der Waals surface area contributed by atoms with Crippen molar-refractivity contribution < 1.29 is 37.6 Å². The summed E-state index contributed by atoms with van der Waals surface area (Å²) in [5.74, 6) is -2.80. The molecule has 6 nitrogen and oxygen atoms in total. The number of alkyl halides is 2. The van der Waals surface area contributed by atoms with Crippen LogP contribution in [0.5, 0.6) is 0 Å². The van der Waals surface area contributed by atoms with Crippen LogP contribution in [0, 0.1) is 17.8 Å². The van der Waals surface area contributed by atoms with E-state index in [2.05, 4.69) is 45.0 Å². The summed E-state index contributed by atoms with van der Waals surface area (Å²) in [4.78, 5) is 13.2. The molecule has 1 N–H and O–H groups in total. The first kappa shape index (κ1) is 29.2. The Hall–Kier alpha value is -1.26. The fraction of sp³-hybridized carbons (Fsp3) is 0.767. The minimum absolute atomic E-state index is 0.0311. The van der Waals surface area contributed by atoms with E-state index in [9.17, 15) is 18.7 Å². The van der Waals surface area contributed by atoms with E-state index in [0.29, 0.717) is 49.6 Å². The van der Waals surface area contributed by atoms with Crippen LogP contribution in [0.4, 0.5) is 8.78 Å². The first-order valence-electron chi connectivity index (χ1n) is 14.2. The first-order chi connectivity index (χ1) is 18.3. The number of benzene rings is 1. The fourth-order valence-corrected chi connectivity index (χ4v) is 9.08. The van der Waals surface area contributed by atoms with E-state index in [4.69, 9.17) is 18.9 Å². The number of hydrogen-bond donors (Lipinski definition) is 1. The lowest BCUT2D eigenvalue weighted by Crippen LogP contribution is -2.65. The lowest BCUT2D eigenvalue weighted by molar-refractivity contribution is -0.322. The van der Waals surface area contributed by atoms with Gasteiger partial charge in [-0.3, -0.25) is 0 Å². The van der Waals surface area contributed by atoms with Crippen LogP contribution >= 0.6 is 0 Å². The normalized spacial score (nSPS) is 36.1. The summed E-state index contributed by atoms with van der Waals surface area (Å²) >= 11 is 0. The molecule has 6 aliphatic rings. The van der Waals surface area contributed by atoms with Crippen LogP contribution in [0.1, 0.15) is 65.4 Å². The van der Waals surface area contributed by atoms with Gasteiger partial charge in [-0.2, -0.15) is 8.78 Å². The molecule has 9 heteroatoms. The van der Waals surface area contributed by atoms with Gasteiger partial charge in [-0.05, 0) is 61.1 Å². The van der Waals surface area contributed by atoms with Crippen molar-refractivity contribution in [1.29, 1.82) is 0 Å². The topological polar surface area (TPSA) is 74.2 Å². The Bertz CT molecular complexity index is 998. The molecular weight excluding hydrogens is 526 g/mol. The molecule has 1 spiro atoms. The summed E-state index contributed by atoms with van der Waals surface area (Å²) in [6.45, 7) is 9.50. The minimum atomic E-state index is -3.47. The van der Waals surface area contributed by atoms with Crippen LogP contribution in [0.25, 0.3) is 0 Å². The van der Waals surface area contributed by atoms with Gasteiger partial charge in [0.2, 0.25) is 0 Å². The Morgan fingerprint density at radius 3 is 2.18 bits per heavy atom. The Morgan fingerprint density at radius 2 is 1.67 bits per heavy atom. The van der Waals surface area contributed by atoms with E-state index >= 15 is 0 Å². The summed E-state index contributed by atoms with van der Waals surface area (Å²) in [6.07, 6.45) is 3.12. The predicted molar refractivity (Wildman–Crippen MR) is 145 cm³/mol. The van der Waals surface area contributed by atoms with Gasteiger partial charge in [0.05, 0.1) is 26.4 Å². The summed E-state index contributed by atoms with van der Waals surface area (Å²) in [5, 5.41) is 9.31. The second-order valence-corrected chi connectivity index (χ2v) is 15.3. The van der Waals surface area contributed by atoms with Crippen molar-refractivity contribution in [2.75, 3.05) is 37.9 Å². The zero-order valence-electron chi connectivity index (χ0n) is 23.5. The molecule has 3 atom stereocenters. The van der Waals surface area contributed by atoms with Crippen LogP contribution in [0.2, 0.25) is 0 Å². The summed E-state index contributed by atoms with van der Waals surface area (Å²) < 4.78 is 49.2. The summed E-state index contributed by atoms with van der Waals surface area (Å²) in [6, 6.07) is 9.21. The third-order valence-electron chi connectivity index (χ3n) is 8.99. The van der Waals surface area contributed by atoms with Crippen molar-refractivity contribution in [2.24, 2.45) is 17.8 Å². The predicted octanol–water partition coefficient (Wildman–Crippen LogP) is 4.86. The van der Waals surface area contributed by atoms with Gasteiger partial charge in [-0.15, -0.1) is 0 Å². The van der Waals surface area contributed by atoms with Crippen molar-refractivity contribution in [2.45, 2.75) is 93.5 Å². The molecule has 39 heavy (non-hydrogen) atoms. The Morgan fingerprint density at radius 1 is 1.05 bits per heavy atom. The quantitative estimate of drug-likeness (QED) is 0.413. The van der Waals surface area contributed by atoms with Gasteiger partial charge >= 0.3 is 11.9 Å². The zero-order valence-corrected chi connectivity index (χ0v) is 24.4. The smallest absolute Gasteiger partial charge is 0.377 e. The van der Waals surface area contributed by atoms with Gasteiger partial charge in [0.15, 0.2) is 10.7 Å². The molecule has 4 aliphatic carbocycles. The average Bonchev–Trinajstić information content (AvgIpc) is 3.32. The van der Waals surface area contributed by atoms with E-state index in [1.165, 1.54) is 22.0 Å². The molecule has 0 amide bonds. The van der Waals surface area contributed by atoms with Crippen molar-refractivity contribution >= 4 is 16.9 Å². The minimum Gasteiger partial charge on any atom is -0.455 e. The number of ether oxygens (including phenoxy) is 4. The standard InChI is InChI=1S/C16H22F2O5.C14H21OS/c1-14(17,18)13(20)23-15-4-9-2-10(5-15)16(11(3-9)6-15)21-8-12(7-19)22-16;1-14(2,3)12-4-6-13(7-5-12)16-10-8-15-9-11-16/h9-12,19H,2-8H2,1H3;4-7H,8-11H2,1-3H3/q;+1. The number of aliphatic hydroxyl groups excluding tert-OH is 1. The molecule has 1 aromatic rings. The van der Waals surface area contributed by atoms with Crippen LogP contribution in [0.15, 0.2) is 29.2 Å². The number of aliphatic hydroxyl groups is 1. The number of hydrogen-bond acceptors (Lipinski definition) is 6. The first-order valence-corrected chi connectivity index (χ1v) is 15.8. The fourth-order valence-electron chi connectivity index (χ4n) is 7.24. The van der Waals surface area contributed by atoms with Gasteiger partial charge in [-0.25, -0.2) is 4.79 Å². The number of halogens is 2. The second kappa shape index (κ2) is 10.9. The largest absolute Gasteiger partial charge is 0.455 e. The highest BCUT2D eigenvalue weighted by Crippen LogP contribution is 2.64. The van der Waals surface area contributed by atoms with Crippen LogP contribution < -0.4 is 0 Å². The lowest BCUT2D eigenvalue weighted by Gasteiger charge is -2.62. The Balaban J connectivity index is 0.000000169. The second-order valence-electron chi connectivity index (χ2n) is 13.0. The van der Waals surface area contributed by atoms with Crippen molar-refractivity contribution in [3.05, 3.63) is 29.8 Å². The maximum Gasteiger partial charge on any atom is 0.377 e. The maximum absolute atomic E-state index is 13.2. The SMILES string of the molecule is CC(C)(C)c1ccc([S+]2CCOCC2)cc1.CC(F)(F)C(=O)OC12CC3CC(C1)C1(OCC(CO)O1)C(C3)C2. The Labute approximate surface area is 233 Å². The highest BCUT2D eigenvalue weighted by atomic mass is 32.2. The molecule has 2 aliphatic heterocycles. The number of esters is 1. The van der Waals surface area contributed by atoms with E-state index in [0.717, 1.165) is 26.1 Å². The molecule has 2 saturated heterocycles. The maximum atomic E-state index is 13.2. The molecule has 7 rings (SSSR count). The monoisotopic (exact) mass is 569 g/mol. The number of carbonyl (C=O) groups is 1. The molecule has 4 bridgehead atoms. The third kappa shape index (κ3) is 6.03. The van der Waals surface area contributed by atoms with E-state index in [1.54, 1.807) is 0 Å². The van der Waals surface area contributed by atoms with Gasteiger partial charge in [-0.1, -0.05) is 32.9 Å². The van der Waals surface area contributed by atoms with Crippen LogP contribution in [-0.4, -0.2) is 72.4 Å². The summed E-state index contributed by atoms with van der Waals surface area (Å²) in [5.41, 5.74) is 0.882. The summed E-state index contributed by atoms with van der Waals surface area (Å²) in [7, 11) is 0.432. The zero-order chi connectivity index (χ0) is 28.1. The Kier molecular flexibility index (Phi) is 8.14. The molecular formula is C30H43F2O6S+. The lowest BCUT2D eigenvalue weighted by atomic mass is 9.51. The highest BCUT2D eigenvalue weighted by Gasteiger charge is 2.67. The van der Waals surface area contributed by atoms with Crippen molar-refractivity contribution in [3.8, 4) is 0 Å². The molecule has 0 radical (unpaired) electrons. The van der Waals surface area contributed by atoms with E-state index in [-0.39, 0.29) is 30.0 Å². The van der Waals surface area contributed by atoms with Crippen LogP contribution in [0.3, 0.4) is 0 Å². The van der Waals surface area contributed by atoms with Gasteiger partial charge in [0.25, 0.3) is 0 Å². The van der Waals surface area contributed by atoms with E-state index in [1.807, 2.05) is 0 Å². The molecule has 2 heterocycles.